The van der Waals surface area contributed by atoms with Crippen molar-refractivity contribution in [3.63, 3.8) is 0 Å². The molecule has 1 aliphatic rings. The molecule has 4 aromatic rings. The number of benzene rings is 2. The van der Waals surface area contributed by atoms with E-state index in [0.29, 0.717) is 5.11 Å². The van der Waals surface area contributed by atoms with Crippen molar-refractivity contribution in [1.82, 2.24) is 14.9 Å². The van der Waals surface area contributed by atoms with Crippen molar-refractivity contribution < 1.29 is 5.11 Å². The molecule has 2 N–H and O–H groups in total. The second-order valence-corrected chi connectivity index (χ2v) is 7.97. The standard InChI is InChI=1S/C25H22N4OS/c1-17-10-15-22(28(17)18-7-3-2-4-8-18)24-23(21-9-5-6-16-26-21)27-25(31)29(24)19-11-13-20(30)14-12-19/h2-16,23-24,30H,1H3,(H,27,31). The van der Waals surface area contributed by atoms with Gasteiger partial charge >= 0.3 is 0 Å². The highest BCUT2D eigenvalue weighted by atomic mass is 32.1. The van der Waals surface area contributed by atoms with Gasteiger partial charge in [-0.25, -0.2) is 0 Å². The summed E-state index contributed by atoms with van der Waals surface area (Å²) in [5.41, 5.74) is 5.19. The lowest BCUT2D eigenvalue weighted by Crippen LogP contribution is -2.30. The van der Waals surface area contributed by atoms with Crippen molar-refractivity contribution in [1.29, 1.82) is 0 Å². The highest BCUT2D eigenvalue weighted by Crippen LogP contribution is 2.42. The van der Waals surface area contributed by atoms with Crippen molar-refractivity contribution in [3.05, 3.63) is 108 Å². The Hall–Kier alpha value is -3.64. The first-order valence-electron chi connectivity index (χ1n) is 10.2. The zero-order chi connectivity index (χ0) is 21.4. The molecule has 2 aromatic heterocycles. The van der Waals surface area contributed by atoms with Crippen molar-refractivity contribution in [2.45, 2.75) is 19.0 Å². The molecule has 3 heterocycles. The van der Waals surface area contributed by atoms with Gasteiger partial charge in [0.05, 0.1) is 11.7 Å². The number of aryl methyl sites for hydroxylation is 1. The average molecular weight is 427 g/mol. The highest BCUT2D eigenvalue weighted by Gasteiger charge is 2.42. The van der Waals surface area contributed by atoms with Gasteiger partial charge in [-0.05, 0) is 79.8 Å². The number of nitrogens with zero attached hydrogens (tertiary/aromatic N) is 3. The fourth-order valence-corrected chi connectivity index (χ4v) is 4.61. The molecule has 2 unspecified atom stereocenters. The fourth-order valence-electron chi connectivity index (χ4n) is 4.27. The van der Waals surface area contributed by atoms with Gasteiger partial charge in [-0.3, -0.25) is 4.98 Å². The summed E-state index contributed by atoms with van der Waals surface area (Å²) in [6.07, 6.45) is 1.81. The Morgan fingerprint density at radius 1 is 0.871 bits per heavy atom. The Morgan fingerprint density at radius 2 is 1.61 bits per heavy atom. The van der Waals surface area contributed by atoms with Gasteiger partial charge in [-0.1, -0.05) is 24.3 Å². The lowest BCUT2D eigenvalue weighted by Gasteiger charge is -2.29. The summed E-state index contributed by atoms with van der Waals surface area (Å²) in [5.74, 6) is 0.225. The van der Waals surface area contributed by atoms with Gasteiger partial charge in [-0.15, -0.1) is 0 Å². The first-order valence-corrected chi connectivity index (χ1v) is 10.6. The summed E-state index contributed by atoms with van der Waals surface area (Å²) >= 11 is 5.79. The topological polar surface area (TPSA) is 53.3 Å². The minimum atomic E-state index is -0.126. The molecule has 1 aliphatic heterocycles. The molecule has 1 fully saturated rings. The van der Waals surface area contributed by atoms with Crippen LogP contribution in [0.25, 0.3) is 5.69 Å². The summed E-state index contributed by atoms with van der Waals surface area (Å²) in [5, 5.41) is 13.9. The second-order valence-electron chi connectivity index (χ2n) is 7.58. The highest BCUT2D eigenvalue weighted by molar-refractivity contribution is 7.80. The minimum absolute atomic E-state index is 0.124. The van der Waals surface area contributed by atoms with Crippen LogP contribution in [0.1, 0.15) is 29.2 Å². The molecule has 0 bridgehead atoms. The van der Waals surface area contributed by atoms with Crippen molar-refractivity contribution in [3.8, 4) is 11.4 Å². The van der Waals surface area contributed by atoms with Gasteiger partial charge in [-0.2, -0.15) is 0 Å². The minimum Gasteiger partial charge on any atom is -0.508 e. The number of pyridine rings is 1. The normalized spacial score (nSPS) is 18.2. The van der Waals surface area contributed by atoms with Crippen LogP contribution in [0.3, 0.4) is 0 Å². The van der Waals surface area contributed by atoms with Gasteiger partial charge in [0, 0.05) is 29.0 Å². The van der Waals surface area contributed by atoms with Crippen LogP contribution in [0.15, 0.2) is 91.1 Å². The van der Waals surface area contributed by atoms with E-state index < -0.39 is 0 Å². The van der Waals surface area contributed by atoms with Gasteiger partial charge in [0.1, 0.15) is 11.8 Å². The van der Waals surface area contributed by atoms with E-state index in [4.69, 9.17) is 12.2 Å². The number of thiocarbonyl (C=S) groups is 1. The third-order valence-corrected chi connectivity index (χ3v) is 5.96. The maximum atomic E-state index is 9.79. The van der Waals surface area contributed by atoms with E-state index in [1.165, 1.54) is 0 Å². The lowest BCUT2D eigenvalue weighted by molar-refractivity contribution is 0.475. The van der Waals surface area contributed by atoms with Crippen LogP contribution >= 0.6 is 12.2 Å². The Labute approximate surface area is 186 Å². The number of nitrogens with one attached hydrogen (secondary N) is 1. The van der Waals surface area contributed by atoms with Gasteiger partial charge in [0.25, 0.3) is 0 Å². The van der Waals surface area contributed by atoms with E-state index in [0.717, 1.165) is 28.5 Å². The third kappa shape index (κ3) is 3.45. The number of aromatic nitrogens is 2. The zero-order valence-corrected chi connectivity index (χ0v) is 17.8. The molecule has 5 rings (SSSR count). The summed E-state index contributed by atoms with van der Waals surface area (Å²) < 4.78 is 2.27. The smallest absolute Gasteiger partial charge is 0.174 e. The number of hydrogen-bond acceptors (Lipinski definition) is 3. The van der Waals surface area contributed by atoms with E-state index >= 15 is 0 Å². The third-order valence-electron chi connectivity index (χ3n) is 5.65. The Balaban J connectivity index is 1.70. The predicted octanol–water partition coefficient (Wildman–Crippen LogP) is 5.06. The maximum Gasteiger partial charge on any atom is 0.174 e. The molecule has 0 aliphatic carbocycles. The van der Waals surface area contributed by atoms with E-state index in [-0.39, 0.29) is 17.8 Å². The molecule has 2 atom stereocenters. The number of phenols is 1. The molecule has 6 heteroatoms. The fraction of sp³-hybridized carbons (Fsp3) is 0.120. The first kappa shape index (κ1) is 19.3. The van der Waals surface area contributed by atoms with Crippen LogP contribution in [0.5, 0.6) is 5.75 Å². The number of para-hydroxylation sites is 1. The molecule has 0 spiro atoms. The lowest BCUT2D eigenvalue weighted by atomic mass is 10.0. The van der Waals surface area contributed by atoms with Crippen molar-refractivity contribution in [2.24, 2.45) is 0 Å². The van der Waals surface area contributed by atoms with Crippen molar-refractivity contribution in [2.75, 3.05) is 4.90 Å². The van der Waals surface area contributed by atoms with Gasteiger partial charge in [0.2, 0.25) is 0 Å². The van der Waals surface area contributed by atoms with Crippen LogP contribution < -0.4 is 10.2 Å². The van der Waals surface area contributed by atoms with Crippen molar-refractivity contribution >= 4 is 23.0 Å². The monoisotopic (exact) mass is 426 g/mol. The van der Waals surface area contributed by atoms with E-state index in [1.54, 1.807) is 12.1 Å². The number of phenolic OH excluding ortho intramolecular Hbond substituents is 1. The number of hydrogen-bond donors (Lipinski definition) is 2. The molecular weight excluding hydrogens is 404 g/mol. The van der Waals surface area contributed by atoms with Gasteiger partial charge in [0.15, 0.2) is 5.11 Å². The molecule has 0 radical (unpaired) electrons. The van der Waals surface area contributed by atoms with Crippen LogP contribution in [-0.2, 0) is 0 Å². The maximum absolute atomic E-state index is 9.79. The Bertz CT molecular complexity index is 1210. The largest absolute Gasteiger partial charge is 0.508 e. The SMILES string of the molecule is Cc1ccc(C2C(c3ccccn3)NC(=S)N2c2ccc(O)cc2)n1-c1ccccc1. The van der Waals surface area contributed by atoms with Crippen LogP contribution in [0.4, 0.5) is 5.69 Å². The van der Waals surface area contributed by atoms with E-state index in [2.05, 4.69) is 51.0 Å². The molecular formula is C25H22N4OS. The summed E-state index contributed by atoms with van der Waals surface area (Å²) in [4.78, 5) is 6.74. The second kappa shape index (κ2) is 7.89. The molecule has 154 valence electrons. The molecule has 0 saturated carbocycles. The number of aromatic hydroxyl groups is 1. The summed E-state index contributed by atoms with van der Waals surface area (Å²) in [7, 11) is 0. The van der Waals surface area contributed by atoms with E-state index in [1.807, 2.05) is 54.7 Å². The predicted molar refractivity (Wildman–Crippen MR) is 127 cm³/mol. The number of rotatable bonds is 4. The molecule has 5 nitrogen and oxygen atoms in total. The Kier molecular flexibility index (Phi) is 4.92. The molecule has 0 amide bonds. The summed E-state index contributed by atoms with van der Waals surface area (Å²) in [6, 6.07) is 27.5. The average Bonchev–Trinajstić information content (AvgIpc) is 3.35. The molecule has 1 saturated heterocycles. The quantitative estimate of drug-likeness (QED) is 0.447. The zero-order valence-electron chi connectivity index (χ0n) is 17.0. The van der Waals surface area contributed by atoms with Gasteiger partial charge < -0.3 is 19.9 Å². The van der Waals surface area contributed by atoms with Crippen LogP contribution in [0.2, 0.25) is 0 Å². The first-order chi connectivity index (χ1) is 15.1. The molecule has 2 aromatic carbocycles. The summed E-state index contributed by atoms with van der Waals surface area (Å²) in [6.45, 7) is 2.11. The van der Waals surface area contributed by atoms with Crippen LogP contribution in [0, 0.1) is 6.92 Å². The van der Waals surface area contributed by atoms with E-state index in [9.17, 15) is 5.11 Å². The molecule has 31 heavy (non-hydrogen) atoms. The Morgan fingerprint density at radius 3 is 2.32 bits per heavy atom. The number of anilines is 1. The van der Waals surface area contributed by atoms with Crippen LogP contribution in [-0.4, -0.2) is 19.8 Å².